The summed E-state index contributed by atoms with van der Waals surface area (Å²) >= 11 is 0. The van der Waals surface area contributed by atoms with E-state index in [2.05, 4.69) is 44.2 Å². The van der Waals surface area contributed by atoms with Gasteiger partial charge >= 0.3 is 0 Å². The summed E-state index contributed by atoms with van der Waals surface area (Å²) in [5.74, 6) is 6.95. The van der Waals surface area contributed by atoms with Crippen molar-refractivity contribution < 1.29 is 0 Å². The quantitative estimate of drug-likeness (QED) is 0.654. The van der Waals surface area contributed by atoms with Crippen molar-refractivity contribution in [1.29, 1.82) is 0 Å². The fourth-order valence-corrected chi connectivity index (χ4v) is 3.12. The number of rotatable bonds is 4. The lowest BCUT2D eigenvalue weighted by Gasteiger charge is -2.36. The normalized spacial score (nSPS) is 22.1. The van der Waals surface area contributed by atoms with Crippen molar-refractivity contribution in [3.8, 4) is 0 Å². The van der Waals surface area contributed by atoms with Crippen molar-refractivity contribution in [3.05, 3.63) is 29.6 Å². The molecule has 3 heteroatoms. The van der Waals surface area contributed by atoms with E-state index in [0.29, 0.717) is 23.3 Å². The molecule has 3 N–H and O–H groups in total. The van der Waals surface area contributed by atoms with Crippen molar-refractivity contribution in [2.24, 2.45) is 17.2 Å². The monoisotopic (exact) mass is 275 g/mol. The van der Waals surface area contributed by atoms with E-state index in [1.54, 1.807) is 0 Å². The standard InChI is InChI=1S/C17H29N3/c1-12(17(2,3)4)11-15(20-18)14-9-5-7-13-8-6-10-19-16(13)14/h6,8,10,12,14-15,20H,5,7,9,11,18H2,1-4H3. The van der Waals surface area contributed by atoms with Crippen LogP contribution in [0.25, 0.3) is 0 Å². The van der Waals surface area contributed by atoms with E-state index in [1.165, 1.54) is 24.1 Å². The van der Waals surface area contributed by atoms with Crippen molar-refractivity contribution in [1.82, 2.24) is 10.4 Å². The zero-order chi connectivity index (χ0) is 14.8. The van der Waals surface area contributed by atoms with Crippen molar-refractivity contribution in [2.75, 3.05) is 0 Å². The van der Waals surface area contributed by atoms with E-state index < -0.39 is 0 Å². The zero-order valence-corrected chi connectivity index (χ0v) is 13.3. The Bertz CT molecular complexity index is 436. The molecule has 2 rings (SSSR count). The van der Waals surface area contributed by atoms with Gasteiger partial charge in [-0.3, -0.25) is 16.3 Å². The molecule has 0 fully saturated rings. The Kier molecular flexibility index (Phi) is 4.82. The first-order valence-corrected chi connectivity index (χ1v) is 7.83. The summed E-state index contributed by atoms with van der Waals surface area (Å²) in [7, 11) is 0. The van der Waals surface area contributed by atoms with Crippen LogP contribution in [-0.4, -0.2) is 11.0 Å². The molecule has 3 nitrogen and oxygen atoms in total. The molecule has 0 spiro atoms. The van der Waals surface area contributed by atoms with Gasteiger partial charge in [0.15, 0.2) is 0 Å². The Hall–Kier alpha value is -0.930. The molecular formula is C17H29N3. The van der Waals surface area contributed by atoms with E-state index in [-0.39, 0.29) is 0 Å². The summed E-state index contributed by atoms with van der Waals surface area (Å²) in [6.07, 6.45) is 6.60. The number of hydrazine groups is 1. The predicted octanol–water partition coefficient (Wildman–Crippen LogP) is 3.41. The van der Waals surface area contributed by atoms with Gasteiger partial charge in [-0.05, 0) is 48.6 Å². The minimum absolute atomic E-state index is 0.316. The van der Waals surface area contributed by atoms with Crippen molar-refractivity contribution >= 4 is 0 Å². The predicted molar refractivity (Wildman–Crippen MR) is 84.3 cm³/mol. The third-order valence-corrected chi connectivity index (χ3v) is 5.02. The molecule has 0 saturated carbocycles. The second-order valence-electron chi connectivity index (χ2n) is 7.32. The lowest BCUT2D eigenvalue weighted by Crippen LogP contribution is -2.43. The topological polar surface area (TPSA) is 50.9 Å². The average molecular weight is 275 g/mol. The second kappa shape index (κ2) is 6.23. The van der Waals surface area contributed by atoms with Gasteiger partial charge in [0, 0.05) is 23.9 Å². The number of nitrogens with zero attached hydrogens (tertiary/aromatic N) is 1. The Balaban J connectivity index is 2.17. The molecular weight excluding hydrogens is 246 g/mol. The maximum absolute atomic E-state index is 5.87. The molecule has 20 heavy (non-hydrogen) atoms. The number of aryl methyl sites for hydroxylation is 1. The van der Waals surface area contributed by atoms with Crippen LogP contribution in [0.4, 0.5) is 0 Å². The zero-order valence-electron chi connectivity index (χ0n) is 13.3. The highest BCUT2D eigenvalue weighted by Crippen LogP contribution is 2.37. The van der Waals surface area contributed by atoms with Gasteiger partial charge in [0.2, 0.25) is 0 Å². The highest BCUT2D eigenvalue weighted by Gasteiger charge is 2.31. The van der Waals surface area contributed by atoms with Crippen LogP contribution < -0.4 is 11.3 Å². The van der Waals surface area contributed by atoms with E-state index in [0.717, 1.165) is 12.8 Å². The molecule has 1 aromatic heterocycles. The number of pyridine rings is 1. The van der Waals surface area contributed by atoms with Crippen LogP contribution in [0.1, 0.15) is 64.1 Å². The summed E-state index contributed by atoms with van der Waals surface area (Å²) < 4.78 is 0. The lowest BCUT2D eigenvalue weighted by molar-refractivity contribution is 0.207. The molecule has 1 aliphatic rings. The van der Waals surface area contributed by atoms with Crippen LogP contribution in [0.2, 0.25) is 0 Å². The molecule has 1 heterocycles. The van der Waals surface area contributed by atoms with Gasteiger partial charge in [0.1, 0.15) is 0 Å². The van der Waals surface area contributed by atoms with Crippen LogP contribution in [0.5, 0.6) is 0 Å². The van der Waals surface area contributed by atoms with E-state index in [9.17, 15) is 0 Å². The first-order chi connectivity index (χ1) is 9.43. The summed E-state index contributed by atoms with van der Waals surface area (Å²) in [6.45, 7) is 9.24. The fourth-order valence-electron chi connectivity index (χ4n) is 3.12. The molecule has 112 valence electrons. The number of fused-ring (bicyclic) bond motifs is 1. The van der Waals surface area contributed by atoms with Crippen LogP contribution in [0.3, 0.4) is 0 Å². The molecule has 3 atom stereocenters. The van der Waals surface area contributed by atoms with Gasteiger partial charge in [0.05, 0.1) is 0 Å². The first-order valence-electron chi connectivity index (χ1n) is 7.83. The minimum Gasteiger partial charge on any atom is -0.271 e. The summed E-state index contributed by atoms with van der Waals surface area (Å²) in [6, 6.07) is 4.58. The summed E-state index contributed by atoms with van der Waals surface area (Å²) in [5, 5.41) is 0. The Morgan fingerprint density at radius 2 is 2.20 bits per heavy atom. The highest BCUT2D eigenvalue weighted by molar-refractivity contribution is 5.27. The van der Waals surface area contributed by atoms with Crippen LogP contribution in [0, 0.1) is 11.3 Å². The summed E-state index contributed by atoms with van der Waals surface area (Å²) in [5.41, 5.74) is 6.07. The third kappa shape index (κ3) is 3.39. The van der Waals surface area contributed by atoms with Gasteiger partial charge in [-0.15, -0.1) is 0 Å². The second-order valence-corrected chi connectivity index (χ2v) is 7.32. The largest absolute Gasteiger partial charge is 0.271 e. The molecule has 0 aromatic carbocycles. The molecule has 3 unspecified atom stereocenters. The van der Waals surface area contributed by atoms with Gasteiger partial charge in [-0.1, -0.05) is 33.8 Å². The van der Waals surface area contributed by atoms with Gasteiger partial charge < -0.3 is 0 Å². The SMILES string of the molecule is CC(CC(NN)C1CCCc2cccnc21)C(C)(C)C. The molecule has 0 radical (unpaired) electrons. The summed E-state index contributed by atoms with van der Waals surface area (Å²) in [4.78, 5) is 4.64. The maximum atomic E-state index is 5.87. The minimum atomic E-state index is 0.316. The number of nitrogens with two attached hydrogens (primary N) is 1. The van der Waals surface area contributed by atoms with E-state index in [1.807, 2.05) is 12.3 Å². The Morgan fingerprint density at radius 1 is 1.45 bits per heavy atom. The molecule has 1 aliphatic carbocycles. The molecule has 0 amide bonds. The molecule has 0 saturated heterocycles. The van der Waals surface area contributed by atoms with Crippen molar-refractivity contribution in [2.45, 2.75) is 65.3 Å². The van der Waals surface area contributed by atoms with Gasteiger partial charge in [0.25, 0.3) is 0 Å². The van der Waals surface area contributed by atoms with Crippen LogP contribution in [-0.2, 0) is 6.42 Å². The molecule has 0 aliphatic heterocycles. The third-order valence-electron chi connectivity index (χ3n) is 5.02. The van der Waals surface area contributed by atoms with E-state index in [4.69, 9.17) is 5.84 Å². The van der Waals surface area contributed by atoms with Crippen LogP contribution >= 0.6 is 0 Å². The Labute approximate surface area is 123 Å². The maximum Gasteiger partial charge on any atom is 0.0482 e. The number of nitrogens with one attached hydrogen (secondary N) is 1. The van der Waals surface area contributed by atoms with E-state index >= 15 is 0 Å². The number of hydrogen-bond donors (Lipinski definition) is 2. The number of hydrogen-bond acceptors (Lipinski definition) is 3. The Morgan fingerprint density at radius 3 is 2.85 bits per heavy atom. The van der Waals surface area contributed by atoms with Gasteiger partial charge in [-0.2, -0.15) is 0 Å². The first kappa shape index (κ1) is 15.5. The van der Waals surface area contributed by atoms with Crippen LogP contribution in [0.15, 0.2) is 18.3 Å². The average Bonchev–Trinajstić information content (AvgIpc) is 2.43. The van der Waals surface area contributed by atoms with Crippen molar-refractivity contribution in [3.63, 3.8) is 0 Å². The lowest BCUT2D eigenvalue weighted by atomic mass is 9.74. The fraction of sp³-hybridized carbons (Fsp3) is 0.706. The smallest absolute Gasteiger partial charge is 0.0482 e. The van der Waals surface area contributed by atoms with Gasteiger partial charge in [-0.25, -0.2) is 0 Å². The molecule has 1 aromatic rings. The number of aromatic nitrogens is 1. The highest BCUT2D eigenvalue weighted by atomic mass is 15.2. The molecule has 0 bridgehead atoms.